The Balaban J connectivity index is 3.41. The van der Waals surface area contributed by atoms with Gasteiger partial charge in [-0.2, -0.15) is 0 Å². The number of Topliss-reactive ketones (excluding diaryl/α,β-unsaturated/α-hetero) is 2. The summed E-state index contributed by atoms with van der Waals surface area (Å²) in [7, 11) is 1.16. The van der Waals surface area contributed by atoms with Crippen molar-refractivity contribution in [3.05, 3.63) is 52.1 Å². The Bertz CT molecular complexity index is 648. The van der Waals surface area contributed by atoms with Crippen LogP contribution in [0, 0.1) is 16.0 Å². The molecule has 122 valence electrons. The summed E-state index contributed by atoms with van der Waals surface area (Å²) in [4.78, 5) is 45.7. The number of ether oxygens (including phenoxy) is 1. The van der Waals surface area contributed by atoms with Gasteiger partial charge < -0.3 is 4.74 Å². The number of esters is 1. The highest BCUT2D eigenvalue weighted by Crippen LogP contribution is 2.34. The second-order valence-corrected chi connectivity index (χ2v) is 5.04. The number of nitrogens with zero attached hydrogens (tertiary/aromatic N) is 1. The van der Waals surface area contributed by atoms with E-state index < -0.39 is 34.3 Å². The zero-order chi connectivity index (χ0) is 17.7. The Hall–Kier alpha value is -2.83. The summed E-state index contributed by atoms with van der Waals surface area (Å²) in [6.07, 6.45) is 0. The van der Waals surface area contributed by atoms with E-state index in [4.69, 9.17) is 0 Å². The van der Waals surface area contributed by atoms with Gasteiger partial charge in [0.1, 0.15) is 11.6 Å². The molecule has 0 fully saturated rings. The minimum atomic E-state index is -1.11. The van der Waals surface area contributed by atoms with Crippen molar-refractivity contribution in [2.75, 3.05) is 7.11 Å². The van der Waals surface area contributed by atoms with E-state index in [-0.39, 0.29) is 11.3 Å². The summed E-state index contributed by atoms with van der Waals surface area (Å²) in [6.45, 7) is 6.12. The zero-order valence-electron chi connectivity index (χ0n) is 13.1. The predicted molar refractivity (Wildman–Crippen MR) is 81.8 cm³/mol. The molecule has 23 heavy (non-hydrogen) atoms. The van der Waals surface area contributed by atoms with E-state index in [1.807, 2.05) is 0 Å². The fourth-order valence-electron chi connectivity index (χ4n) is 2.41. The van der Waals surface area contributed by atoms with E-state index in [0.29, 0.717) is 5.56 Å². The van der Waals surface area contributed by atoms with Crippen LogP contribution in [0.2, 0.25) is 0 Å². The lowest BCUT2D eigenvalue weighted by molar-refractivity contribution is -0.384. The van der Waals surface area contributed by atoms with Crippen LogP contribution in [0.3, 0.4) is 0 Å². The van der Waals surface area contributed by atoms with Crippen molar-refractivity contribution >= 4 is 23.2 Å². The molecule has 0 amide bonds. The van der Waals surface area contributed by atoms with Gasteiger partial charge >= 0.3 is 5.97 Å². The molecule has 1 rings (SSSR count). The molecule has 1 aromatic rings. The second kappa shape index (κ2) is 7.44. The summed E-state index contributed by atoms with van der Waals surface area (Å²) >= 11 is 0. The van der Waals surface area contributed by atoms with Gasteiger partial charge in [0.25, 0.3) is 5.69 Å². The largest absolute Gasteiger partial charge is 0.466 e. The molecular formula is C16H17NO6. The lowest BCUT2D eigenvalue weighted by Gasteiger charge is -2.24. The Morgan fingerprint density at radius 1 is 1.13 bits per heavy atom. The molecule has 0 spiro atoms. The van der Waals surface area contributed by atoms with Crippen LogP contribution in [0.4, 0.5) is 5.69 Å². The molecule has 0 saturated heterocycles. The molecule has 0 radical (unpaired) electrons. The minimum Gasteiger partial charge on any atom is -0.466 e. The molecule has 1 aromatic carbocycles. The molecule has 0 aliphatic heterocycles. The monoisotopic (exact) mass is 319 g/mol. The lowest BCUT2D eigenvalue weighted by Crippen LogP contribution is -2.30. The average molecular weight is 319 g/mol. The van der Waals surface area contributed by atoms with Gasteiger partial charge in [-0.05, 0) is 19.4 Å². The smallest absolute Gasteiger partial charge is 0.333 e. The highest BCUT2D eigenvalue weighted by atomic mass is 16.6. The number of methoxy groups -OCH3 is 1. The molecular weight excluding hydrogens is 302 g/mol. The van der Waals surface area contributed by atoms with E-state index in [1.54, 1.807) is 0 Å². The van der Waals surface area contributed by atoms with Gasteiger partial charge in [0.2, 0.25) is 0 Å². The van der Waals surface area contributed by atoms with E-state index >= 15 is 0 Å². The Labute approximate surface area is 133 Å². The predicted octanol–water partition coefficient (Wildman–Crippen LogP) is 2.20. The number of nitro groups is 1. The summed E-state index contributed by atoms with van der Waals surface area (Å²) in [6, 6.07) is 5.28. The minimum absolute atomic E-state index is 0.0586. The van der Waals surface area contributed by atoms with Crippen molar-refractivity contribution in [3.63, 3.8) is 0 Å². The van der Waals surface area contributed by atoms with Crippen LogP contribution in [-0.2, 0) is 19.1 Å². The van der Waals surface area contributed by atoms with E-state index in [1.165, 1.54) is 38.1 Å². The molecule has 0 bridgehead atoms. The van der Waals surface area contributed by atoms with Gasteiger partial charge in [0.15, 0.2) is 0 Å². The van der Waals surface area contributed by atoms with Crippen molar-refractivity contribution in [2.24, 2.45) is 5.92 Å². The first-order valence-corrected chi connectivity index (χ1v) is 6.73. The Morgan fingerprint density at radius 3 is 1.96 bits per heavy atom. The van der Waals surface area contributed by atoms with E-state index in [2.05, 4.69) is 11.3 Å². The van der Waals surface area contributed by atoms with Gasteiger partial charge in [0.05, 0.1) is 18.0 Å². The average Bonchev–Trinajstić information content (AvgIpc) is 2.50. The normalized spacial score (nSPS) is 11.7. The van der Waals surface area contributed by atoms with Gasteiger partial charge in [-0.1, -0.05) is 18.7 Å². The van der Waals surface area contributed by atoms with Crippen LogP contribution >= 0.6 is 0 Å². The third-order valence-corrected chi connectivity index (χ3v) is 3.50. The van der Waals surface area contributed by atoms with Crippen LogP contribution in [0.1, 0.15) is 25.3 Å². The number of hydrogen-bond acceptors (Lipinski definition) is 6. The van der Waals surface area contributed by atoms with Crippen molar-refractivity contribution in [1.82, 2.24) is 0 Å². The fraction of sp³-hybridized carbons (Fsp3) is 0.312. The van der Waals surface area contributed by atoms with Gasteiger partial charge in [-0.15, -0.1) is 0 Å². The number of carbonyl (C=O) groups excluding carboxylic acids is 3. The fourth-order valence-corrected chi connectivity index (χ4v) is 2.41. The quantitative estimate of drug-likeness (QED) is 0.251. The van der Waals surface area contributed by atoms with Crippen molar-refractivity contribution in [1.29, 1.82) is 0 Å². The summed E-state index contributed by atoms with van der Waals surface area (Å²) in [5.74, 6) is -3.64. The Morgan fingerprint density at radius 2 is 1.61 bits per heavy atom. The standard InChI is InChI=1S/C16H17NO6/c1-9(16(20)23-4)14(15(10(2)18)11(3)19)12-5-7-13(8-6-12)17(21)22/h5-8,14-15H,1H2,2-4H3. The number of benzene rings is 1. The number of ketones is 2. The van der Waals surface area contributed by atoms with Gasteiger partial charge in [0, 0.05) is 23.6 Å². The maximum absolute atomic E-state index is 11.9. The summed E-state index contributed by atoms with van der Waals surface area (Å²) in [5, 5.41) is 10.7. The molecule has 0 aliphatic carbocycles. The van der Waals surface area contributed by atoms with Crippen LogP contribution in [0.25, 0.3) is 0 Å². The lowest BCUT2D eigenvalue weighted by atomic mass is 9.77. The summed E-state index contributed by atoms with van der Waals surface area (Å²) < 4.78 is 4.62. The maximum Gasteiger partial charge on any atom is 0.333 e. The first kappa shape index (κ1) is 18.2. The number of non-ortho nitro benzene ring substituents is 1. The highest BCUT2D eigenvalue weighted by molar-refractivity contribution is 6.03. The van der Waals surface area contributed by atoms with E-state index in [9.17, 15) is 24.5 Å². The van der Waals surface area contributed by atoms with Crippen molar-refractivity contribution in [2.45, 2.75) is 19.8 Å². The SMILES string of the molecule is C=C(C(=O)OC)C(c1ccc([N+](=O)[O-])cc1)C(C(C)=O)C(C)=O. The summed E-state index contributed by atoms with van der Waals surface area (Å²) in [5.41, 5.74) is 0.205. The molecule has 1 atom stereocenters. The van der Waals surface area contributed by atoms with Gasteiger partial charge in [-0.25, -0.2) is 4.79 Å². The number of nitro benzene ring substituents is 1. The second-order valence-electron chi connectivity index (χ2n) is 5.04. The molecule has 0 saturated carbocycles. The first-order valence-electron chi connectivity index (χ1n) is 6.73. The van der Waals surface area contributed by atoms with Gasteiger partial charge in [-0.3, -0.25) is 19.7 Å². The van der Waals surface area contributed by atoms with E-state index in [0.717, 1.165) is 7.11 Å². The number of carbonyl (C=O) groups is 3. The molecule has 7 heteroatoms. The van der Waals surface area contributed by atoms with Crippen molar-refractivity contribution < 1.29 is 24.0 Å². The number of rotatable bonds is 7. The van der Waals surface area contributed by atoms with Crippen LogP contribution in [-0.4, -0.2) is 29.6 Å². The topological polar surface area (TPSA) is 104 Å². The molecule has 1 unspecified atom stereocenters. The van der Waals surface area contributed by atoms with Crippen LogP contribution in [0.15, 0.2) is 36.4 Å². The number of hydrogen-bond donors (Lipinski definition) is 0. The van der Waals surface area contributed by atoms with Crippen LogP contribution < -0.4 is 0 Å². The molecule has 7 nitrogen and oxygen atoms in total. The molecule has 0 aliphatic rings. The highest BCUT2D eigenvalue weighted by Gasteiger charge is 2.36. The van der Waals surface area contributed by atoms with Crippen LogP contribution in [0.5, 0.6) is 0 Å². The zero-order valence-corrected chi connectivity index (χ0v) is 13.1. The molecule has 0 N–H and O–H groups in total. The molecule has 0 aromatic heterocycles. The first-order chi connectivity index (χ1) is 10.7. The van der Waals surface area contributed by atoms with Crippen molar-refractivity contribution in [3.8, 4) is 0 Å². The molecule has 0 heterocycles. The third-order valence-electron chi connectivity index (χ3n) is 3.50. The maximum atomic E-state index is 11.9. The third kappa shape index (κ3) is 4.09. The Kier molecular flexibility index (Phi) is 5.89.